The number of carbonyl (C=O) groups is 2. The number of hydrogen-bond donors (Lipinski definition) is 1. The fourth-order valence-corrected chi connectivity index (χ4v) is 2.34. The smallest absolute Gasteiger partial charge is 0.245 e. The Morgan fingerprint density at radius 3 is 2.56 bits per heavy atom. The lowest BCUT2D eigenvalue weighted by atomic mass is 10.1. The summed E-state index contributed by atoms with van der Waals surface area (Å²) in [5, 5.41) is 6.25. The van der Waals surface area contributed by atoms with Crippen LogP contribution in [0.25, 0.3) is 0 Å². The highest BCUT2D eigenvalue weighted by atomic mass is 16.5. The lowest BCUT2D eigenvalue weighted by Crippen LogP contribution is -2.44. The number of amides is 2. The standard InChI is InChI=1S/C18H23N3O4/c1-4-13(2)21(12-17(22)19-16-9-10-25-20-16)18(23)11-14-5-7-15(24-3)8-6-14/h5-10,13H,4,11-12H2,1-3H3,(H,19,20,22). The average molecular weight is 345 g/mol. The average Bonchev–Trinajstić information content (AvgIpc) is 3.12. The van der Waals surface area contributed by atoms with Gasteiger partial charge >= 0.3 is 0 Å². The lowest BCUT2D eigenvalue weighted by molar-refractivity contribution is -0.136. The van der Waals surface area contributed by atoms with E-state index in [1.54, 1.807) is 18.1 Å². The molecule has 7 nitrogen and oxygen atoms in total. The van der Waals surface area contributed by atoms with Crippen LogP contribution in [0.1, 0.15) is 25.8 Å². The van der Waals surface area contributed by atoms with E-state index in [0.29, 0.717) is 5.82 Å². The van der Waals surface area contributed by atoms with Crippen LogP contribution in [-0.2, 0) is 16.0 Å². The zero-order chi connectivity index (χ0) is 18.2. The van der Waals surface area contributed by atoms with Crippen LogP contribution in [0.4, 0.5) is 5.82 Å². The van der Waals surface area contributed by atoms with Crippen molar-refractivity contribution in [3.63, 3.8) is 0 Å². The third-order valence-electron chi connectivity index (χ3n) is 3.98. The van der Waals surface area contributed by atoms with Gasteiger partial charge in [0.1, 0.15) is 18.6 Å². The predicted molar refractivity (Wildman–Crippen MR) is 93.3 cm³/mol. The van der Waals surface area contributed by atoms with Gasteiger partial charge in [-0.05, 0) is 31.0 Å². The van der Waals surface area contributed by atoms with E-state index in [2.05, 4.69) is 15.0 Å². The molecule has 1 N–H and O–H groups in total. The minimum atomic E-state index is -0.308. The van der Waals surface area contributed by atoms with Crippen LogP contribution >= 0.6 is 0 Å². The highest BCUT2D eigenvalue weighted by Crippen LogP contribution is 2.14. The molecule has 1 aromatic heterocycles. The van der Waals surface area contributed by atoms with E-state index in [1.165, 1.54) is 6.26 Å². The molecule has 0 aliphatic rings. The largest absolute Gasteiger partial charge is 0.497 e. The minimum Gasteiger partial charge on any atom is -0.497 e. The molecule has 0 radical (unpaired) electrons. The maximum Gasteiger partial charge on any atom is 0.245 e. The van der Waals surface area contributed by atoms with Gasteiger partial charge in [0.05, 0.1) is 13.5 Å². The van der Waals surface area contributed by atoms with Crippen LogP contribution in [-0.4, -0.2) is 41.6 Å². The van der Waals surface area contributed by atoms with Crippen molar-refractivity contribution in [1.29, 1.82) is 0 Å². The van der Waals surface area contributed by atoms with Gasteiger partial charge in [-0.2, -0.15) is 0 Å². The molecule has 0 aliphatic heterocycles. The SMILES string of the molecule is CCC(C)N(CC(=O)Nc1ccon1)C(=O)Cc1ccc(OC)cc1. The Hall–Kier alpha value is -2.83. The van der Waals surface area contributed by atoms with E-state index in [1.807, 2.05) is 38.1 Å². The van der Waals surface area contributed by atoms with Crippen molar-refractivity contribution in [3.8, 4) is 5.75 Å². The maximum atomic E-state index is 12.7. The topological polar surface area (TPSA) is 84.7 Å². The highest BCUT2D eigenvalue weighted by molar-refractivity contribution is 5.94. The Morgan fingerprint density at radius 1 is 1.28 bits per heavy atom. The van der Waals surface area contributed by atoms with Crippen molar-refractivity contribution in [1.82, 2.24) is 10.1 Å². The molecule has 0 fully saturated rings. The molecule has 0 saturated heterocycles. The lowest BCUT2D eigenvalue weighted by Gasteiger charge is -2.28. The van der Waals surface area contributed by atoms with Crippen molar-refractivity contribution in [2.45, 2.75) is 32.7 Å². The van der Waals surface area contributed by atoms with Crippen molar-refractivity contribution in [2.24, 2.45) is 0 Å². The Bertz CT molecular complexity index is 683. The van der Waals surface area contributed by atoms with Crippen molar-refractivity contribution >= 4 is 17.6 Å². The molecule has 0 saturated carbocycles. The molecular formula is C18H23N3O4. The molecule has 7 heteroatoms. The van der Waals surface area contributed by atoms with E-state index in [-0.39, 0.29) is 30.8 Å². The normalized spacial score (nSPS) is 11.6. The van der Waals surface area contributed by atoms with Crippen molar-refractivity contribution in [3.05, 3.63) is 42.2 Å². The summed E-state index contributed by atoms with van der Waals surface area (Å²) in [4.78, 5) is 26.4. The third kappa shape index (κ3) is 5.34. The third-order valence-corrected chi connectivity index (χ3v) is 3.98. The van der Waals surface area contributed by atoms with Crippen LogP contribution in [0.5, 0.6) is 5.75 Å². The summed E-state index contributed by atoms with van der Waals surface area (Å²) in [6, 6.07) is 8.82. The quantitative estimate of drug-likeness (QED) is 0.794. The summed E-state index contributed by atoms with van der Waals surface area (Å²) < 4.78 is 9.80. The number of anilines is 1. The summed E-state index contributed by atoms with van der Waals surface area (Å²) >= 11 is 0. The Kier molecular flexibility index (Phi) is 6.56. The summed E-state index contributed by atoms with van der Waals surface area (Å²) in [6.45, 7) is 3.88. The molecule has 25 heavy (non-hydrogen) atoms. The van der Waals surface area contributed by atoms with Crippen LogP contribution in [0.3, 0.4) is 0 Å². The number of hydrogen-bond acceptors (Lipinski definition) is 5. The second-order valence-electron chi connectivity index (χ2n) is 5.74. The van der Waals surface area contributed by atoms with E-state index < -0.39 is 0 Å². The molecule has 1 atom stereocenters. The van der Waals surface area contributed by atoms with Gasteiger partial charge in [0, 0.05) is 12.1 Å². The number of rotatable bonds is 8. The molecule has 0 bridgehead atoms. The Labute approximate surface area is 146 Å². The first-order valence-electron chi connectivity index (χ1n) is 8.16. The molecule has 1 heterocycles. The molecule has 2 amide bonds. The Balaban J connectivity index is 2.01. The molecule has 134 valence electrons. The predicted octanol–water partition coefficient (Wildman–Crippen LogP) is 2.49. The van der Waals surface area contributed by atoms with Crippen molar-refractivity contribution in [2.75, 3.05) is 19.0 Å². The monoisotopic (exact) mass is 345 g/mol. The molecule has 1 aromatic carbocycles. The van der Waals surface area contributed by atoms with E-state index in [9.17, 15) is 9.59 Å². The van der Waals surface area contributed by atoms with Gasteiger partial charge in [-0.3, -0.25) is 9.59 Å². The van der Waals surface area contributed by atoms with Crippen LogP contribution in [0.2, 0.25) is 0 Å². The number of carbonyl (C=O) groups excluding carboxylic acids is 2. The van der Waals surface area contributed by atoms with E-state index in [0.717, 1.165) is 17.7 Å². The van der Waals surface area contributed by atoms with Crippen LogP contribution in [0.15, 0.2) is 41.1 Å². The van der Waals surface area contributed by atoms with Crippen molar-refractivity contribution < 1.29 is 18.8 Å². The van der Waals surface area contributed by atoms with E-state index >= 15 is 0 Å². The number of benzene rings is 1. The van der Waals surface area contributed by atoms with Gasteiger partial charge < -0.3 is 19.5 Å². The number of methoxy groups -OCH3 is 1. The maximum absolute atomic E-state index is 12.7. The first kappa shape index (κ1) is 18.5. The molecule has 0 spiro atoms. The second kappa shape index (κ2) is 8.86. The first-order valence-corrected chi connectivity index (χ1v) is 8.16. The number of ether oxygens (including phenoxy) is 1. The fourth-order valence-electron chi connectivity index (χ4n) is 2.34. The molecule has 2 aromatic rings. The van der Waals surface area contributed by atoms with Gasteiger partial charge in [-0.1, -0.05) is 24.2 Å². The van der Waals surface area contributed by atoms with Gasteiger partial charge in [-0.15, -0.1) is 0 Å². The number of aromatic nitrogens is 1. The first-order chi connectivity index (χ1) is 12.0. The summed E-state index contributed by atoms with van der Waals surface area (Å²) in [5.74, 6) is 0.658. The van der Waals surface area contributed by atoms with Crippen LogP contribution in [0, 0.1) is 0 Å². The molecule has 1 unspecified atom stereocenters. The van der Waals surface area contributed by atoms with Crippen LogP contribution < -0.4 is 10.1 Å². The molecular weight excluding hydrogens is 322 g/mol. The second-order valence-corrected chi connectivity index (χ2v) is 5.74. The molecule has 2 rings (SSSR count). The van der Waals surface area contributed by atoms with Gasteiger partial charge in [0.25, 0.3) is 0 Å². The van der Waals surface area contributed by atoms with Gasteiger partial charge in [0.15, 0.2) is 5.82 Å². The molecule has 0 aliphatic carbocycles. The Morgan fingerprint density at radius 2 is 2.00 bits per heavy atom. The number of nitrogens with one attached hydrogen (secondary N) is 1. The van der Waals surface area contributed by atoms with Gasteiger partial charge in [0.2, 0.25) is 11.8 Å². The van der Waals surface area contributed by atoms with E-state index in [4.69, 9.17) is 4.74 Å². The highest BCUT2D eigenvalue weighted by Gasteiger charge is 2.22. The number of nitrogens with zero attached hydrogens (tertiary/aromatic N) is 2. The summed E-state index contributed by atoms with van der Waals surface area (Å²) in [5.41, 5.74) is 0.871. The summed E-state index contributed by atoms with van der Waals surface area (Å²) in [6.07, 6.45) is 2.36. The zero-order valence-corrected chi connectivity index (χ0v) is 14.7. The zero-order valence-electron chi connectivity index (χ0n) is 14.7. The fraction of sp³-hybridized carbons (Fsp3) is 0.389. The minimum absolute atomic E-state index is 0.0309. The van der Waals surface area contributed by atoms with Gasteiger partial charge in [-0.25, -0.2) is 0 Å². The summed E-state index contributed by atoms with van der Waals surface area (Å²) in [7, 11) is 1.60.